The predicted octanol–water partition coefficient (Wildman–Crippen LogP) is 6.19. The Morgan fingerprint density at radius 3 is 2.55 bits per heavy atom. The molecule has 1 N–H and O–H groups in total. The second-order valence-corrected chi connectivity index (χ2v) is 9.39. The van der Waals surface area contributed by atoms with Crippen LogP contribution in [-0.4, -0.2) is 18.6 Å². The summed E-state index contributed by atoms with van der Waals surface area (Å²) in [4.78, 5) is 12.8. The number of fused-ring (bicyclic) bond motifs is 1. The zero-order valence-corrected chi connectivity index (χ0v) is 18.6. The lowest BCUT2D eigenvalue weighted by Crippen LogP contribution is -2.42. The highest BCUT2D eigenvalue weighted by Gasteiger charge is 2.57. The molecule has 1 amide bonds. The molecule has 2 fully saturated rings. The highest BCUT2D eigenvalue weighted by atomic mass is 35.5. The monoisotopic (exact) mass is 431 g/mol. The molecule has 5 atom stereocenters. The Kier molecular flexibility index (Phi) is 5.56. The zero-order chi connectivity index (χ0) is 20.8. The van der Waals surface area contributed by atoms with Crippen LogP contribution in [0, 0.1) is 11.3 Å². The van der Waals surface area contributed by atoms with E-state index in [2.05, 4.69) is 37.4 Å². The van der Waals surface area contributed by atoms with Gasteiger partial charge in [-0.25, -0.2) is 0 Å². The van der Waals surface area contributed by atoms with Crippen LogP contribution in [0.3, 0.4) is 0 Å². The van der Waals surface area contributed by atoms with Gasteiger partial charge < -0.3 is 10.1 Å². The highest BCUT2D eigenvalue weighted by Crippen LogP contribution is 2.59. The van der Waals surface area contributed by atoms with Gasteiger partial charge in [0.15, 0.2) is 0 Å². The zero-order valence-electron chi connectivity index (χ0n) is 17.0. The van der Waals surface area contributed by atoms with E-state index in [1.807, 2.05) is 31.2 Å². The number of rotatable bonds is 4. The molecule has 2 aromatic carbocycles. The number of halogens is 2. The van der Waals surface area contributed by atoms with Crippen molar-refractivity contribution in [1.82, 2.24) is 5.32 Å². The Morgan fingerprint density at radius 2 is 1.90 bits per heavy atom. The summed E-state index contributed by atoms with van der Waals surface area (Å²) in [6, 6.07) is 14.2. The van der Waals surface area contributed by atoms with Gasteiger partial charge >= 0.3 is 0 Å². The minimum atomic E-state index is -0.363. The number of hydrogen-bond donors (Lipinski definition) is 1. The molecule has 154 valence electrons. The van der Waals surface area contributed by atoms with E-state index in [1.54, 1.807) is 0 Å². The molecule has 2 aromatic rings. The molecule has 0 bridgehead atoms. The first-order valence-corrected chi connectivity index (χ1v) is 11.1. The van der Waals surface area contributed by atoms with Crippen molar-refractivity contribution in [2.24, 2.45) is 11.3 Å². The number of ether oxygens (including phenoxy) is 1. The molecule has 1 heterocycles. The Balaban J connectivity index is 1.80. The van der Waals surface area contributed by atoms with E-state index >= 15 is 0 Å². The molecule has 2 aliphatic rings. The lowest BCUT2D eigenvalue weighted by molar-refractivity contribution is -0.129. The van der Waals surface area contributed by atoms with Crippen LogP contribution < -0.4 is 10.1 Å². The lowest BCUT2D eigenvalue weighted by atomic mass is 9.56. The van der Waals surface area contributed by atoms with Gasteiger partial charge in [-0.1, -0.05) is 48.3 Å². The van der Waals surface area contributed by atoms with Crippen molar-refractivity contribution in [3.8, 4) is 5.75 Å². The molecule has 4 rings (SSSR count). The van der Waals surface area contributed by atoms with Crippen molar-refractivity contribution in [3.05, 3.63) is 63.6 Å². The van der Waals surface area contributed by atoms with Gasteiger partial charge in [0, 0.05) is 22.0 Å². The minimum Gasteiger partial charge on any atom is -0.494 e. The van der Waals surface area contributed by atoms with Gasteiger partial charge in [-0.2, -0.15) is 0 Å². The smallest absolute Gasteiger partial charge is 0.226 e. The SMILES string of the molecule is CCOc1ccc(C2CCC3(C)C(=O)NC(C)C3C2c2ccc(Cl)cc2)c(Cl)c1. The second-order valence-electron chi connectivity index (χ2n) is 8.54. The predicted molar refractivity (Wildman–Crippen MR) is 118 cm³/mol. The largest absolute Gasteiger partial charge is 0.494 e. The lowest BCUT2D eigenvalue weighted by Gasteiger charge is -2.46. The third-order valence-corrected chi connectivity index (χ3v) is 7.46. The molecule has 1 aliphatic heterocycles. The summed E-state index contributed by atoms with van der Waals surface area (Å²) in [6.07, 6.45) is 1.76. The van der Waals surface area contributed by atoms with Crippen LogP contribution >= 0.6 is 23.2 Å². The van der Waals surface area contributed by atoms with Crippen LogP contribution in [0.15, 0.2) is 42.5 Å². The van der Waals surface area contributed by atoms with E-state index in [0.29, 0.717) is 6.61 Å². The third-order valence-electron chi connectivity index (χ3n) is 6.88. The summed E-state index contributed by atoms with van der Waals surface area (Å²) in [7, 11) is 0. The average molecular weight is 432 g/mol. The van der Waals surface area contributed by atoms with Gasteiger partial charge in [-0.3, -0.25) is 4.79 Å². The van der Waals surface area contributed by atoms with E-state index in [-0.39, 0.29) is 35.1 Å². The summed E-state index contributed by atoms with van der Waals surface area (Å²) in [5.74, 6) is 1.56. The van der Waals surface area contributed by atoms with Crippen LogP contribution in [0.25, 0.3) is 0 Å². The second kappa shape index (κ2) is 7.85. The van der Waals surface area contributed by atoms with Crippen molar-refractivity contribution in [1.29, 1.82) is 0 Å². The standard InChI is InChI=1S/C24H27Cl2NO2/c1-4-29-17-9-10-18(20(26)13-17)19-11-12-24(3)22(14(2)27-23(24)28)21(19)15-5-7-16(25)8-6-15/h5-10,13-14,19,21-22H,4,11-12H2,1-3H3,(H,27,28). The Bertz CT molecular complexity index is 914. The highest BCUT2D eigenvalue weighted by molar-refractivity contribution is 6.31. The maximum absolute atomic E-state index is 12.8. The topological polar surface area (TPSA) is 38.3 Å². The van der Waals surface area contributed by atoms with Gasteiger partial charge in [-0.15, -0.1) is 0 Å². The number of benzene rings is 2. The van der Waals surface area contributed by atoms with Gasteiger partial charge in [-0.05, 0) is 73.9 Å². The van der Waals surface area contributed by atoms with Gasteiger partial charge in [0.2, 0.25) is 5.91 Å². The van der Waals surface area contributed by atoms with Crippen LogP contribution in [-0.2, 0) is 4.79 Å². The normalized spacial score (nSPS) is 31.3. The number of nitrogens with one attached hydrogen (secondary N) is 1. The van der Waals surface area contributed by atoms with Crippen molar-refractivity contribution in [2.75, 3.05) is 6.61 Å². The summed E-state index contributed by atoms with van der Waals surface area (Å²) in [5, 5.41) is 4.65. The molecular weight excluding hydrogens is 405 g/mol. The van der Waals surface area contributed by atoms with Crippen molar-refractivity contribution in [2.45, 2.75) is 51.5 Å². The fraction of sp³-hybridized carbons (Fsp3) is 0.458. The molecule has 1 aliphatic carbocycles. The first-order valence-electron chi connectivity index (χ1n) is 10.3. The van der Waals surface area contributed by atoms with E-state index in [1.165, 1.54) is 5.56 Å². The van der Waals surface area contributed by atoms with Crippen molar-refractivity contribution in [3.63, 3.8) is 0 Å². The average Bonchev–Trinajstić information content (AvgIpc) is 2.91. The van der Waals surface area contributed by atoms with Gasteiger partial charge in [0.1, 0.15) is 5.75 Å². The summed E-state index contributed by atoms with van der Waals surface area (Å²) in [6.45, 7) is 6.82. The third kappa shape index (κ3) is 3.53. The van der Waals surface area contributed by atoms with Crippen LogP contribution in [0.2, 0.25) is 10.0 Å². The molecule has 29 heavy (non-hydrogen) atoms. The number of carbonyl (C=O) groups is 1. The molecule has 5 unspecified atom stereocenters. The molecule has 0 aromatic heterocycles. The minimum absolute atomic E-state index is 0.109. The van der Waals surface area contributed by atoms with Crippen molar-refractivity contribution < 1.29 is 9.53 Å². The quantitative estimate of drug-likeness (QED) is 0.625. The molecule has 3 nitrogen and oxygen atoms in total. The fourth-order valence-electron chi connectivity index (χ4n) is 5.58. The van der Waals surface area contributed by atoms with Crippen LogP contribution in [0.1, 0.15) is 56.6 Å². The van der Waals surface area contributed by atoms with E-state index in [9.17, 15) is 4.79 Å². The molecule has 1 saturated carbocycles. The van der Waals surface area contributed by atoms with Crippen LogP contribution in [0.5, 0.6) is 5.75 Å². The van der Waals surface area contributed by atoms with E-state index in [4.69, 9.17) is 27.9 Å². The first-order chi connectivity index (χ1) is 13.8. The Labute approximate surface area is 182 Å². The molecule has 0 spiro atoms. The number of amides is 1. The summed E-state index contributed by atoms with van der Waals surface area (Å²) >= 11 is 12.9. The summed E-state index contributed by atoms with van der Waals surface area (Å²) in [5.41, 5.74) is 1.98. The van der Waals surface area contributed by atoms with Crippen LogP contribution in [0.4, 0.5) is 0 Å². The Hall–Kier alpha value is -1.71. The molecule has 1 saturated heterocycles. The molecule has 0 radical (unpaired) electrons. The summed E-state index contributed by atoms with van der Waals surface area (Å²) < 4.78 is 5.62. The number of carbonyl (C=O) groups excluding carboxylic acids is 1. The molecule has 5 heteroatoms. The maximum Gasteiger partial charge on any atom is 0.226 e. The van der Waals surface area contributed by atoms with E-state index in [0.717, 1.165) is 34.2 Å². The first kappa shape index (κ1) is 20.6. The maximum atomic E-state index is 12.8. The number of hydrogen-bond acceptors (Lipinski definition) is 2. The fourth-order valence-corrected chi connectivity index (χ4v) is 6.01. The van der Waals surface area contributed by atoms with Gasteiger partial charge in [0.05, 0.1) is 12.0 Å². The molecular formula is C24H27Cl2NO2. The van der Waals surface area contributed by atoms with Gasteiger partial charge in [0.25, 0.3) is 0 Å². The van der Waals surface area contributed by atoms with E-state index < -0.39 is 0 Å². The van der Waals surface area contributed by atoms with Crippen molar-refractivity contribution >= 4 is 29.1 Å². The Morgan fingerprint density at radius 1 is 1.17 bits per heavy atom.